The van der Waals surface area contributed by atoms with E-state index in [2.05, 4.69) is 0 Å². The summed E-state index contributed by atoms with van der Waals surface area (Å²) in [6.07, 6.45) is 0.144. The van der Waals surface area contributed by atoms with Crippen LogP contribution in [0.3, 0.4) is 0 Å². The van der Waals surface area contributed by atoms with E-state index < -0.39 is 0 Å². The highest BCUT2D eigenvalue weighted by atomic mass is 32.1. The smallest absolute Gasteiger partial charge is 0.264 e. The lowest BCUT2D eigenvalue weighted by atomic mass is 10.2. The van der Waals surface area contributed by atoms with E-state index in [9.17, 15) is 4.79 Å². The third-order valence-corrected chi connectivity index (χ3v) is 3.46. The summed E-state index contributed by atoms with van der Waals surface area (Å²) in [7, 11) is 0. The minimum atomic E-state index is 0.132. The lowest BCUT2D eigenvalue weighted by Crippen LogP contribution is -2.50. The van der Waals surface area contributed by atoms with Gasteiger partial charge in [-0.15, -0.1) is 11.3 Å². The number of morpholine rings is 1. The van der Waals surface area contributed by atoms with Gasteiger partial charge >= 0.3 is 0 Å². The Labute approximate surface area is 93.7 Å². The molecule has 0 bridgehead atoms. The van der Waals surface area contributed by atoms with Gasteiger partial charge in [-0.2, -0.15) is 0 Å². The molecule has 0 unspecified atom stereocenters. The molecule has 2 rings (SSSR count). The largest absolute Gasteiger partial charge is 0.375 e. The maximum atomic E-state index is 12.1. The highest BCUT2D eigenvalue weighted by molar-refractivity contribution is 7.12. The van der Waals surface area contributed by atoms with Gasteiger partial charge in [0.25, 0.3) is 5.91 Å². The number of rotatable bonds is 1. The van der Waals surface area contributed by atoms with Gasteiger partial charge in [-0.05, 0) is 25.3 Å². The fraction of sp³-hybridized carbons (Fsp3) is 0.545. The highest BCUT2D eigenvalue weighted by Crippen LogP contribution is 2.18. The molecule has 2 heterocycles. The van der Waals surface area contributed by atoms with Gasteiger partial charge in [-0.25, -0.2) is 0 Å². The molecular formula is C11H15NO2S. The van der Waals surface area contributed by atoms with Gasteiger partial charge in [0, 0.05) is 6.54 Å². The fourth-order valence-electron chi connectivity index (χ4n) is 1.73. The molecule has 0 saturated carbocycles. The van der Waals surface area contributed by atoms with E-state index >= 15 is 0 Å². The molecule has 4 heteroatoms. The summed E-state index contributed by atoms with van der Waals surface area (Å²) in [4.78, 5) is 14.8. The van der Waals surface area contributed by atoms with E-state index in [0.29, 0.717) is 13.2 Å². The molecule has 0 aliphatic carbocycles. The first-order valence-corrected chi connectivity index (χ1v) is 6.02. The first kappa shape index (κ1) is 10.6. The Morgan fingerprint density at radius 1 is 1.60 bits per heavy atom. The quantitative estimate of drug-likeness (QED) is 0.731. The van der Waals surface area contributed by atoms with E-state index in [1.807, 2.05) is 36.3 Å². The van der Waals surface area contributed by atoms with Crippen molar-refractivity contribution >= 4 is 17.2 Å². The number of carbonyl (C=O) groups excluding carboxylic acids is 1. The van der Waals surface area contributed by atoms with Crippen LogP contribution in [0, 0.1) is 0 Å². The van der Waals surface area contributed by atoms with E-state index in [4.69, 9.17) is 4.74 Å². The average Bonchev–Trinajstić information content (AvgIpc) is 2.74. The van der Waals surface area contributed by atoms with Crippen molar-refractivity contribution in [2.75, 3.05) is 13.2 Å². The van der Waals surface area contributed by atoms with Crippen molar-refractivity contribution in [2.45, 2.75) is 26.0 Å². The lowest BCUT2D eigenvalue weighted by molar-refractivity contribution is -0.0385. The monoisotopic (exact) mass is 225 g/mol. The van der Waals surface area contributed by atoms with Crippen molar-refractivity contribution in [1.82, 2.24) is 4.90 Å². The molecule has 1 aromatic rings. The molecule has 82 valence electrons. The Balaban J connectivity index is 2.12. The van der Waals surface area contributed by atoms with Crippen LogP contribution in [0.1, 0.15) is 23.5 Å². The molecule has 1 aromatic heterocycles. The molecule has 0 radical (unpaired) electrons. The van der Waals surface area contributed by atoms with Gasteiger partial charge < -0.3 is 9.64 Å². The molecule has 3 nitrogen and oxygen atoms in total. The van der Waals surface area contributed by atoms with Crippen LogP contribution in [0.2, 0.25) is 0 Å². The molecule has 0 aromatic carbocycles. The first-order chi connectivity index (χ1) is 7.18. The fourth-order valence-corrected chi connectivity index (χ4v) is 2.41. The molecule has 1 saturated heterocycles. The van der Waals surface area contributed by atoms with E-state index in [0.717, 1.165) is 4.88 Å². The van der Waals surface area contributed by atoms with Crippen molar-refractivity contribution in [3.8, 4) is 0 Å². The maximum absolute atomic E-state index is 12.1. The first-order valence-electron chi connectivity index (χ1n) is 5.14. The Hall–Kier alpha value is -0.870. The Kier molecular flexibility index (Phi) is 3.07. The van der Waals surface area contributed by atoms with Crippen molar-refractivity contribution in [3.05, 3.63) is 22.4 Å². The van der Waals surface area contributed by atoms with Crippen LogP contribution < -0.4 is 0 Å². The normalized spacial score (nSPS) is 26.7. The van der Waals surface area contributed by atoms with Crippen LogP contribution in [0.5, 0.6) is 0 Å². The zero-order valence-electron chi connectivity index (χ0n) is 8.97. The van der Waals surface area contributed by atoms with Crippen molar-refractivity contribution < 1.29 is 9.53 Å². The van der Waals surface area contributed by atoms with Gasteiger partial charge in [-0.3, -0.25) is 4.79 Å². The predicted octanol–water partition coefficient (Wildman–Crippen LogP) is 2.00. The second-order valence-electron chi connectivity index (χ2n) is 3.93. The van der Waals surface area contributed by atoms with Gasteiger partial charge in [0.15, 0.2) is 0 Å². The Morgan fingerprint density at radius 2 is 2.40 bits per heavy atom. The Morgan fingerprint density at radius 3 is 3.07 bits per heavy atom. The zero-order chi connectivity index (χ0) is 10.8. The SMILES string of the molecule is C[C@H]1CN(C(=O)c2cccs2)[C@@H](C)CO1. The number of amides is 1. The third-order valence-electron chi connectivity index (χ3n) is 2.60. The number of hydrogen-bond acceptors (Lipinski definition) is 3. The van der Waals surface area contributed by atoms with Crippen LogP contribution in [0.15, 0.2) is 17.5 Å². The number of nitrogens with zero attached hydrogens (tertiary/aromatic N) is 1. The molecule has 15 heavy (non-hydrogen) atoms. The van der Waals surface area contributed by atoms with Crippen molar-refractivity contribution in [2.24, 2.45) is 0 Å². The number of thiophene rings is 1. The summed E-state index contributed by atoms with van der Waals surface area (Å²) in [5.41, 5.74) is 0. The second kappa shape index (κ2) is 4.33. The van der Waals surface area contributed by atoms with Gasteiger partial charge in [0.2, 0.25) is 0 Å². The molecule has 1 amide bonds. The van der Waals surface area contributed by atoms with Crippen LogP contribution >= 0.6 is 11.3 Å². The number of hydrogen-bond donors (Lipinski definition) is 0. The molecule has 0 spiro atoms. The van der Waals surface area contributed by atoms with E-state index in [-0.39, 0.29) is 18.1 Å². The zero-order valence-corrected chi connectivity index (χ0v) is 9.79. The lowest BCUT2D eigenvalue weighted by Gasteiger charge is -2.36. The number of ether oxygens (including phenoxy) is 1. The van der Waals surface area contributed by atoms with Gasteiger partial charge in [0.05, 0.1) is 23.6 Å². The molecule has 2 atom stereocenters. The minimum Gasteiger partial charge on any atom is -0.375 e. The predicted molar refractivity (Wildman–Crippen MR) is 60.2 cm³/mol. The van der Waals surface area contributed by atoms with Crippen molar-refractivity contribution in [3.63, 3.8) is 0 Å². The summed E-state index contributed by atoms with van der Waals surface area (Å²) >= 11 is 1.50. The van der Waals surface area contributed by atoms with E-state index in [1.165, 1.54) is 11.3 Å². The molecular weight excluding hydrogens is 210 g/mol. The average molecular weight is 225 g/mol. The number of carbonyl (C=O) groups is 1. The Bertz CT molecular complexity index is 336. The summed E-state index contributed by atoms with van der Waals surface area (Å²) in [6, 6.07) is 3.96. The maximum Gasteiger partial charge on any atom is 0.264 e. The summed E-state index contributed by atoms with van der Waals surface area (Å²) < 4.78 is 5.50. The standard InChI is InChI=1S/C11H15NO2S/c1-8-7-14-9(2)6-12(8)11(13)10-4-3-5-15-10/h3-5,8-9H,6-7H2,1-2H3/t8-,9-/m0/s1. The third kappa shape index (κ3) is 2.21. The molecule has 1 aliphatic heterocycles. The van der Waals surface area contributed by atoms with Crippen molar-refractivity contribution in [1.29, 1.82) is 0 Å². The molecule has 1 aliphatic rings. The van der Waals surface area contributed by atoms with Crippen LogP contribution in [0.25, 0.3) is 0 Å². The van der Waals surface area contributed by atoms with Gasteiger partial charge in [0.1, 0.15) is 0 Å². The second-order valence-corrected chi connectivity index (χ2v) is 4.88. The molecule has 1 fully saturated rings. The van der Waals surface area contributed by atoms with Crippen LogP contribution in [-0.2, 0) is 4.74 Å². The van der Waals surface area contributed by atoms with Gasteiger partial charge in [-0.1, -0.05) is 6.07 Å². The van der Waals surface area contributed by atoms with Crippen LogP contribution in [-0.4, -0.2) is 36.1 Å². The topological polar surface area (TPSA) is 29.5 Å². The highest BCUT2D eigenvalue weighted by Gasteiger charge is 2.28. The molecule has 0 N–H and O–H groups in total. The summed E-state index contributed by atoms with van der Waals surface area (Å²) in [5, 5.41) is 1.93. The summed E-state index contributed by atoms with van der Waals surface area (Å²) in [5.74, 6) is 0.132. The summed E-state index contributed by atoms with van der Waals surface area (Å²) in [6.45, 7) is 5.36. The minimum absolute atomic E-state index is 0.132. The van der Waals surface area contributed by atoms with Crippen LogP contribution in [0.4, 0.5) is 0 Å². The van der Waals surface area contributed by atoms with E-state index in [1.54, 1.807) is 0 Å².